The number of nitro groups is 1. The number of hydrogen-bond donors (Lipinski definition) is 1. The summed E-state index contributed by atoms with van der Waals surface area (Å²) in [5, 5.41) is 13.9. The topological polar surface area (TPSA) is 130 Å². The maximum absolute atomic E-state index is 13.4. The molecule has 0 radical (unpaired) electrons. The van der Waals surface area contributed by atoms with Crippen LogP contribution in [0.1, 0.15) is 30.5 Å². The molecule has 2 aromatic rings. The monoisotopic (exact) mass is 490 g/mol. The van der Waals surface area contributed by atoms with Crippen molar-refractivity contribution < 1.29 is 22.9 Å². The predicted octanol–water partition coefficient (Wildman–Crippen LogP) is 2.53. The maximum atomic E-state index is 13.4. The Bertz CT molecular complexity index is 1180. The van der Waals surface area contributed by atoms with Crippen LogP contribution in [-0.4, -0.2) is 55.4 Å². The van der Waals surface area contributed by atoms with Crippen LogP contribution in [0.3, 0.4) is 0 Å². The Morgan fingerprint density at radius 1 is 1.15 bits per heavy atom. The third kappa shape index (κ3) is 6.77. The number of likely N-dealkylation sites (N-methyl/N-ethyl adjacent to an activating group) is 1. The van der Waals surface area contributed by atoms with E-state index in [4.69, 9.17) is 0 Å². The Kier molecular flexibility index (Phi) is 8.74. The average Bonchev–Trinajstić information content (AvgIpc) is 2.75. The van der Waals surface area contributed by atoms with Gasteiger partial charge in [0.25, 0.3) is 5.69 Å². The molecule has 184 valence electrons. The molecule has 0 aliphatic rings. The highest BCUT2D eigenvalue weighted by Gasteiger charge is 2.31. The number of carbonyl (C=O) groups is 2. The second-order valence-corrected chi connectivity index (χ2v) is 9.99. The average molecular weight is 491 g/mol. The zero-order chi connectivity index (χ0) is 25.6. The van der Waals surface area contributed by atoms with E-state index in [1.165, 1.54) is 17.0 Å². The van der Waals surface area contributed by atoms with E-state index >= 15 is 0 Å². The molecule has 34 heavy (non-hydrogen) atoms. The molecular formula is C23H30N4O6S. The molecule has 0 bridgehead atoms. The number of aryl methyl sites for hydroxylation is 2. The molecule has 11 heteroatoms. The van der Waals surface area contributed by atoms with Gasteiger partial charge in [-0.3, -0.25) is 24.0 Å². The van der Waals surface area contributed by atoms with Crippen molar-refractivity contribution in [3.63, 3.8) is 0 Å². The van der Waals surface area contributed by atoms with Gasteiger partial charge in [-0.1, -0.05) is 35.9 Å². The van der Waals surface area contributed by atoms with Crippen molar-refractivity contribution in [2.75, 3.05) is 23.7 Å². The van der Waals surface area contributed by atoms with E-state index in [0.29, 0.717) is 12.1 Å². The minimum atomic E-state index is -3.98. The first-order chi connectivity index (χ1) is 15.8. The van der Waals surface area contributed by atoms with Crippen molar-refractivity contribution in [1.29, 1.82) is 0 Å². The van der Waals surface area contributed by atoms with Gasteiger partial charge in [0.1, 0.15) is 12.6 Å². The molecular weight excluding hydrogens is 460 g/mol. The number of amides is 2. The number of non-ortho nitro benzene ring substituents is 1. The summed E-state index contributed by atoms with van der Waals surface area (Å²) in [5.74, 6) is -0.988. The van der Waals surface area contributed by atoms with Gasteiger partial charge in [-0.15, -0.1) is 0 Å². The molecule has 0 spiro atoms. The number of anilines is 1. The highest BCUT2D eigenvalue weighted by Crippen LogP contribution is 2.28. The molecule has 0 heterocycles. The molecule has 1 N–H and O–H groups in total. The number of benzene rings is 2. The molecule has 0 aromatic heterocycles. The van der Waals surface area contributed by atoms with Crippen LogP contribution in [0.15, 0.2) is 42.5 Å². The number of rotatable bonds is 10. The van der Waals surface area contributed by atoms with E-state index in [1.54, 1.807) is 20.8 Å². The molecule has 0 fully saturated rings. The summed E-state index contributed by atoms with van der Waals surface area (Å²) in [5.41, 5.74) is 1.94. The number of nitro benzene ring substituents is 1. The van der Waals surface area contributed by atoms with Gasteiger partial charge in [-0.25, -0.2) is 8.42 Å². The smallest absolute Gasteiger partial charge is 0.271 e. The van der Waals surface area contributed by atoms with Gasteiger partial charge in [0.05, 0.1) is 16.9 Å². The van der Waals surface area contributed by atoms with E-state index in [1.807, 2.05) is 31.2 Å². The van der Waals surface area contributed by atoms with Crippen LogP contribution in [-0.2, 0) is 26.2 Å². The lowest BCUT2D eigenvalue weighted by Crippen LogP contribution is -2.51. The van der Waals surface area contributed by atoms with Gasteiger partial charge in [0.15, 0.2) is 0 Å². The van der Waals surface area contributed by atoms with Crippen molar-refractivity contribution in [3.05, 3.63) is 69.3 Å². The molecule has 2 amide bonds. The zero-order valence-corrected chi connectivity index (χ0v) is 20.8. The van der Waals surface area contributed by atoms with Crippen LogP contribution in [0.4, 0.5) is 11.4 Å². The van der Waals surface area contributed by atoms with Crippen LogP contribution in [0.5, 0.6) is 0 Å². The first kappa shape index (κ1) is 26.8. The Morgan fingerprint density at radius 3 is 2.38 bits per heavy atom. The highest BCUT2D eigenvalue weighted by molar-refractivity contribution is 7.92. The van der Waals surface area contributed by atoms with Gasteiger partial charge in [0, 0.05) is 25.2 Å². The van der Waals surface area contributed by atoms with Gasteiger partial charge in [-0.05, 0) is 38.8 Å². The lowest BCUT2D eigenvalue weighted by atomic mass is 10.1. The third-order valence-electron chi connectivity index (χ3n) is 5.31. The Labute approximate surface area is 199 Å². The Hall–Kier alpha value is -3.47. The molecule has 0 aliphatic heterocycles. The van der Waals surface area contributed by atoms with E-state index in [0.717, 1.165) is 27.8 Å². The van der Waals surface area contributed by atoms with Crippen molar-refractivity contribution in [2.45, 2.75) is 40.3 Å². The number of nitrogens with zero attached hydrogens (tertiary/aromatic N) is 3. The molecule has 2 aromatic carbocycles. The molecule has 0 aliphatic carbocycles. The number of sulfonamides is 1. The quantitative estimate of drug-likeness (QED) is 0.402. The molecule has 10 nitrogen and oxygen atoms in total. The van der Waals surface area contributed by atoms with Crippen LogP contribution < -0.4 is 9.62 Å². The largest absolute Gasteiger partial charge is 0.355 e. The summed E-state index contributed by atoms with van der Waals surface area (Å²) in [6.07, 6.45) is 0.927. The fraction of sp³-hybridized carbons (Fsp3) is 0.391. The Morgan fingerprint density at radius 2 is 1.82 bits per heavy atom. The normalized spacial score (nSPS) is 12.0. The number of carbonyl (C=O) groups excluding carboxylic acids is 2. The first-order valence-corrected chi connectivity index (χ1v) is 12.6. The molecule has 2 rings (SSSR count). The van der Waals surface area contributed by atoms with Crippen LogP contribution in [0, 0.1) is 24.0 Å². The van der Waals surface area contributed by atoms with Gasteiger partial charge < -0.3 is 10.2 Å². The van der Waals surface area contributed by atoms with Gasteiger partial charge in [0.2, 0.25) is 21.8 Å². The van der Waals surface area contributed by atoms with E-state index in [9.17, 15) is 28.1 Å². The van der Waals surface area contributed by atoms with Crippen LogP contribution in [0.25, 0.3) is 0 Å². The lowest BCUT2D eigenvalue weighted by Gasteiger charge is -2.31. The summed E-state index contributed by atoms with van der Waals surface area (Å²) >= 11 is 0. The SMILES string of the molecule is CCNC(=O)[C@@H](C)N(Cc1cccc(C)c1)C(=O)CN(c1cc([N+](=O)[O-])ccc1C)S(C)(=O)=O. The number of nitrogens with one attached hydrogen (secondary N) is 1. The summed E-state index contributed by atoms with van der Waals surface area (Å²) in [6.45, 7) is 6.68. The van der Waals surface area contributed by atoms with Crippen LogP contribution >= 0.6 is 0 Å². The molecule has 0 saturated carbocycles. The summed E-state index contributed by atoms with van der Waals surface area (Å²) in [7, 11) is -3.98. The second kappa shape index (κ2) is 11.1. The van der Waals surface area contributed by atoms with Gasteiger partial charge >= 0.3 is 0 Å². The standard InChI is InChI=1S/C23H30N4O6S/c1-6-24-23(29)18(4)25(14-19-9-7-8-16(2)12-19)22(28)15-26(34(5,32)33)21-13-20(27(30)31)11-10-17(21)3/h7-13,18H,6,14-15H2,1-5H3,(H,24,29)/t18-/m1/s1. The fourth-order valence-corrected chi connectivity index (χ4v) is 4.39. The molecule has 0 saturated heterocycles. The second-order valence-electron chi connectivity index (χ2n) is 8.08. The Balaban J connectivity index is 2.48. The minimum Gasteiger partial charge on any atom is -0.355 e. The van der Waals surface area contributed by atoms with Crippen LogP contribution in [0.2, 0.25) is 0 Å². The lowest BCUT2D eigenvalue weighted by molar-refractivity contribution is -0.384. The summed E-state index contributed by atoms with van der Waals surface area (Å²) < 4.78 is 26.1. The highest BCUT2D eigenvalue weighted by atomic mass is 32.2. The third-order valence-corrected chi connectivity index (χ3v) is 6.43. The molecule has 0 unspecified atom stereocenters. The van der Waals surface area contributed by atoms with E-state index in [2.05, 4.69) is 5.32 Å². The van der Waals surface area contributed by atoms with E-state index < -0.39 is 33.4 Å². The number of hydrogen-bond acceptors (Lipinski definition) is 6. The predicted molar refractivity (Wildman–Crippen MR) is 130 cm³/mol. The van der Waals surface area contributed by atoms with Crippen molar-refractivity contribution in [3.8, 4) is 0 Å². The van der Waals surface area contributed by atoms with Crippen molar-refractivity contribution in [1.82, 2.24) is 10.2 Å². The van der Waals surface area contributed by atoms with Gasteiger partial charge in [-0.2, -0.15) is 0 Å². The maximum Gasteiger partial charge on any atom is 0.271 e. The first-order valence-electron chi connectivity index (χ1n) is 10.7. The molecule has 1 atom stereocenters. The fourth-order valence-electron chi connectivity index (χ4n) is 3.49. The van der Waals surface area contributed by atoms with Crippen molar-refractivity contribution in [2.24, 2.45) is 0 Å². The zero-order valence-electron chi connectivity index (χ0n) is 19.9. The summed E-state index contributed by atoms with van der Waals surface area (Å²) in [6, 6.07) is 10.4. The minimum absolute atomic E-state index is 0.0335. The summed E-state index contributed by atoms with van der Waals surface area (Å²) in [4.78, 5) is 37.9. The van der Waals surface area contributed by atoms with Crippen molar-refractivity contribution >= 4 is 33.2 Å². The van der Waals surface area contributed by atoms with E-state index in [-0.39, 0.29) is 23.8 Å².